The average Bonchev–Trinajstić information content (AvgIpc) is 3.44. The van der Waals surface area contributed by atoms with E-state index in [9.17, 15) is 38.1 Å². The Labute approximate surface area is 380 Å². The molecule has 364 valence electrons. The fourth-order valence-electron chi connectivity index (χ4n) is 11.3. The third-order valence-electron chi connectivity index (χ3n) is 15.6. The van der Waals surface area contributed by atoms with Crippen LogP contribution in [-0.2, 0) is 53.1 Å². The molecule has 6 heterocycles. The summed E-state index contributed by atoms with van der Waals surface area (Å²) in [6.45, 7) is 13.1. The number of aliphatic hydroxyl groups is 3. The third-order valence-corrected chi connectivity index (χ3v) is 15.6. The van der Waals surface area contributed by atoms with Gasteiger partial charge in [-0.3, -0.25) is 4.79 Å². The summed E-state index contributed by atoms with van der Waals surface area (Å²) in [6, 6.07) is 6.63. The number of halogens is 3. The Morgan fingerprint density at radius 3 is 2.23 bits per heavy atom. The SMILES string of the molecule is CO[C@@](C(=O)O[C@H]1C[C@H]2O[C@H]3[C@@H](O)C[C@H](C[C@@]4(C)O[C@H]5C[C@H]6O[C@@H](CC/C=C(C)/C(C)=C/C=O)[C@@H](C)[C@H](O)[C@@H]6O[C@]5(C)CC[C@@H]4O)O[C@@H]3CC[C@]2(C)O[C@@H]1C)(c1ccccc1)C(F)(F)F. The molecule has 6 aliphatic rings. The van der Waals surface area contributed by atoms with Crippen molar-refractivity contribution in [2.75, 3.05) is 7.11 Å². The van der Waals surface area contributed by atoms with Gasteiger partial charge in [-0.25, -0.2) is 4.79 Å². The summed E-state index contributed by atoms with van der Waals surface area (Å²) < 4.78 is 94.8. The highest BCUT2D eigenvalue weighted by atomic mass is 19.4. The number of allylic oxidation sites excluding steroid dienone is 4. The number of hydrogen-bond donors (Lipinski definition) is 3. The standard InChI is InChI=1S/C49H69F3O13/c1-27(28(2)19-22-53)13-12-16-34-29(3)41(56)43-37(60-34)25-40-46(6,65-43)21-18-38(55)47(7,64-40)26-32-23-33(54)42-35(59-32)17-20-45(5)39(62-42)24-36(30(4)63-45)61-44(57)48(58-8,49(50,51)52)31-14-10-9-11-15-31/h9-11,13-15,19,22,29-30,32-43,54-56H,12,16-18,20-21,23-26H2,1-8H3/b27-13+,28-19+/t29-,30-,32-,33+,34+,35-,36+,37-,38+,39-,40+,41+,42+,43-,45+,46-,47-,48-/m1/s1. The van der Waals surface area contributed by atoms with Gasteiger partial charge in [0, 0.05) is 44.3 Å². The number of carbonyl (C=O) groups is 2. The Morgan fingerprint density at radius 1 is 0.862 bits per heavy atom. The van der Waals surface area contributed by atoms with Crippen LogP contribution >= 0.6 is 0 Å². The highest BCUT2D eigenvalue weighted by Crippen LogP contribution is 2.50. The number of rotatable bonds is 11. The largest absolute Gasteiger partial charge is 0.457 e. The Balaban J connectivity index is 1.01. The van der Waals surface area contributed by atoms with Gasteiger partial charge in [-0.05, 0) is 91.7 Å². The maximum absolute atomic E-state index is 14.7. The number of esters is 1. The Hall–Kier alpha value is -2.77. The summed E-state index contributed by atoms with van der Waals surface area (Å²) in [5.41, 5.74) is -4.75. The van der Waals surface area contributed by atoms with Gasteiger partial charge in [-0.15, -0.1) is 0 Å². The average molecular weight is 923 g/mol. The summed E-state index contributed by atoms with van der Waals surface area (Å²) >= 11 is 0. The Bertz CT molecular complexity index is 1900. The lowest BCUT2D eigenvalue weighted by molar-refractivity contribution is -0.312. The molecule has 0 aliphatic carbocycles. The number of carbonyl (C=O) groups excluding carboxylic acids is 2. The van der Waals surface area contributed by atoms with Gasteiger partial charge in [0.2, 0.25) is 0 Å². The number of ether oxygens (including phenoxy) is 8. The van der Waals surface area contributed by atoms with Crippen molar-refractivity contribution in [3.63, 3.8) is 0 Å². The van der Waals surface area contributed by atoms with E-state index < -0.39 is 113 Å². The van der Waals surface area contributed by atoms with Crippen LogP contribution in [0.2, 0.25) is 0 Å². The van der Waals surface area contributed by atoms with E-state index in [4.69, 9.17) is 37.9 Å². The monoisotopic (exact) mass is 922 g/mol. The first kappa shape index (κ1) is 50.1. The molecule has 1 aromatic rings. The maximum atomic E-state index is 14.7. The number of aliphatic hydroxyl groups excluding tert-OH is 3. The van der Waals surface area contributed by atoms with E-state index in [-0.39, 0.29) is 31.3 Å². The first-order valence-electron chi connectivity index (χ1n) is 23.3. The summed E-state index contributed by atoms with van der Waals surface area (Å²) in [5.74, 6) is -1.81. The van der Waals surface area contributed by atoms with Crippen molar-refractivity contribution in [1.29, 1.82) is 0 Å². The van der Waals surface area contributed by atoms with E-state index >= 15 is 0 Å². The van der Waals surface area contributed by atoms with Crippen molar-refractivity contribution in [1.82, 2.24) is 0 Å². The minimum absolute atomic E-state index is 0.00823. The minimum Gasteiger partial charge on any atom is -0.457 e. The zero-order valence-corrected chi connectivity index (χ0v) is 38.8. The molecular weight excluding hydrogens is 854 g/mol. The lowest BCUT2D eigenvalue weighted by Crippen LogP contribution is -2.65. The van der Waals surface area contributed by atoms with Crippen LogP contribution in [-0.4, -0.2) is 137 Å². The van der Waals surface area contributed by atoms with E-state index in [0.717, 1.165) is 36.7 Å². The summed E-state index contributed by atoms with van der Waals surface area (Å²) in [4.78, 5) is 24.6. The van der Waals surface area contributed by atoms with Gasteiger partial charge in [0.15, 0.2) is 0 Å². The number of benzene rings is 1. The highest BCUT2D eigenvalue weighted by Gasteiger charge is 2.65. The second-order valence-electron chi connectivity index (χ2n) is 20.1. The van der Waals surface area contributed by atoms with Crippen LogP contribution < -0.4 is 0 Å². The van der Waals surface area contributed by atoms with Crippen LogP contribution in [0.4, 0.5) is 13.2 Å². The molecule has 0 amide bonds. The topological polar surface area (TPSA) is 169 Å². The van der Waals surface area contributed by atoms with Crippen molar-refractivity contribution in [2.45, 2.75) is 221 Å². The number of aldehydes is 1. The molecule has 16 heteroatoms. The van der Waals surface area contributed by atoms with E-state index in [1.807, 2.05) is 41.5 Å². The number of alkyl halides is 3. The lowest BCUT2D eigenvalue weighted by atomic mass is 9.78. The number of fused-ring (bicyclic) bond motifs is 4. The van der Waals surface area contributed by atoms with Gasteiger partial charge in [0.1, 0.15) is 24.6 Å². The summed E-state index contributed by atoms with van der Waals surface area (Å²) in [5, 5.41) is 35.1. The van der Waals surface area contributed by atoms with Crippen molar-refractivity contribution >= 4 is 12.3 Å². The van der Waals surface area contributed by atoms with Crippen LogP contribution in [0.1, 0.15) is 118 Å². The van der Waals surface area contributed by atoms with Gasteiger partial charge in [-0.1, -0.05) is 48.9 Å². The normalized spacial score (nSPS) is 43.6. The molecule has 0 spiro atoms. The molecule has 0 radical (unpaired) electrons. The maximum Gasteiger partial charge on any atom is 0.432 e. The molecular formula is C49H69F3O13. The van der Waals surface area contributed by atoms with Crippen molar-refractivity contribution in [3.8, 4) is 0 Å². The molecule has 0 aromatic heterocycles. The van der Waals surface area contributed by atoms with Gasteiger partial charge < -0.3 is 53.2 Å². The molecule has 3 N–H and O–H groups in total. The van der Waals surface area contributed by atoms with Crippen LogP contribution in [0.3, 0.4) is 0 Å². The molecule has 1 aromatic carbocycles. The molecule has 7 rings (SSSR count). The first-order valence-corrected chi connectivity index (χ1v) is 23.3. The second kappa shape index (κ2) is 19.3. The van der Waals surface area contributed by atoms with E-state index in [0.29, 0.717) is 44.9 Å². The van der Waals surface area contributed by atoms with Crippen molar-refractivity contribution in [2.24, 2.45) is 5.92 Å². The van der Waals surface area contributed by atoms with E-state index in [1.54, 1.807) is 6.92 Å². The number of hydrogen-bond acceptors (Lipinski definition) is 13. The van der Waals surface area contributed by atoms with Gasteiger partial charge >= 0.3 is 12.1 Å². The Kier molecular flexibility index (Phi) is 14.9. The second-order valence-corrected chi connectivity index (χ2v) is 20.1. The zero-order chi connectivity index (χ0) is 47.3. The van der Waals surface area contributed by atoms with Crippen molar-refractivity contribution < 1.29 is 76.0 Å². The highest BCUT2D eigenvalue weighted by molar-refractivity contribution is 5.83. The van der Waals surface area contributed by atoms with Gasteiger partial charge in [-0.2, -0.15) is 13.2 Å². The third kappa shape index (κ3) is 9.78. The van der Waals surface area contributed by atoms with Crippen LogP contribution in [0.15, 0.2) is 53.6 Å². The number of methoxy groups -OCH3 is 1. The molecule has 0 bridgehead atoms. The summed E-state index contributed by atoms with van der Waals surface area (Å²) in [6.07, 6.45) is -5.92. The molecule has 18 atom stereocenters. The molecule has 65 heavy (non-hydrogen) atoms. The molecule has 0 unspecified atom stereocenters. The predicted octanol–water partition coefficient (Wildman–Crippen LogP) is 6.51. The molecule has 6 saturated heterocycles. The van der Waals surface area contributed by atoms with E-state index in [1.165, 1.54) is 24.3 Å². The quantitative estimate of drug-likeness (QED) is 0.0953. The fourth-order valence-corrected chi connectivity index (χ4v) is 11.3. The molecule has 6 aliphatic heterocycles. The first-order chi connectivity index (χ1) is 30.6. The minimum atomic E-state index is -5.15. The van der Waals surface area contributed by atoms with E-state index in [2.05, 4.69) is 6.08 Å². The van der Waals surface area contributed by atoms with Crippen LogP contribution in [0.25, 0.3) is 0 Å². The van der Waals surface area contributed by atoms with Gasteiger partial charge in [0.05, 0.1) is 77.8 Å². The van der Waals surface area contributed by atoms with Crippen LogP contribution in [0, 0.1) is 5.92 Å². The predicted molar refractivity (Wildman–Crippen MR) is 229 cm³/mol. The molecule has 6 fully saturated rings. The molecule has 0 saturated carbocycles. The van der Waals surface area contributed by atoms with Crippen molar-refractivity contribution in [3.05, 3.63) is 59.2 Å². The summed E-state index contributed by atoms with van der Waals surface area (Å²) in [7, 11) is 0.820. The molecule has 13 nitrogen and oxygen atoms in total. The Morgan fingerprint density at radius 2 is 1.55 bits per heavy atom. The zero-order valence-electron chi connectivity index (χ0n) is 38.8. The fraction of sp³-hybridized carbons (Fsp3) is 0.755. The van der Waals surface area contributed by atoms with Crippen LogP contribution in [0.5, 0.6) is 0 Å². The smallest absolute Gasteiger partial charge is 0.432 e. The lowest BCUT2D eigenvalue weighted by Gasteiger charge is -2.54. The van der Waals surface area contributed by atoms with Gasteiger partial charge in [0.25, 0.3) is 5.60 Å².